The summed E-state index contributed by atoms with van der Waals surface area (Å²) in [6.45, 7) is 10.7. The van der Waals surface area contributed by atoms with Crippen molar-refractivity contribution in [3.8, 4) is 0 Å². The molecule has 0 saturated heterocycles. The first-order valence-corrected chi connectivity index (χ1v) is 21.8. The smallest absolute Gasteiger partial charge is 0.408 e. The van der Waals surface area contributed by atoms with Crippen LogP contribution in [0.1, 0.15) is 202 Å². The van der Waals surface area contributed by atoms with Crippen molar-refractivity contribution < 1.29 is 14.3 Å². The molecule has 0 aromatic carbocycles. The number of hydrogen-bond donors (Lipinski definition) is 2. The Morgan fingerprint density at radius 1 is 0.556 bits per heavy atom. The number of rotatable bonds is 33. The quantitative estimate of drug-likeness (QED) is 0.0536. The molecule has 0 aliphatic heterocycles. The van der Waals surface area contributed by atoms with E-state index in [0.717, 1.165) is 18.6 Å². The van der Waals surface area contributed by atoms with Gasteiger partial charge in [-0.15, -0.1) is 0 Å². The molecular formula is C38H76N2O3S2. The van der Waals surface area contributed by atoms with Crippen LogP contribution in [-0.2, 0) is 9.53 Å². The van der Waals surface area contributed by atoms with Gasteiger partial charge in [-0.1, -0.05) is 190 Å². The number of amides is 2. The van der Waals surface area contributed by atoms with Gasteiger partial charge in [0.2, 0.25) is 5.91 Å². The average Bonchev–Trinajstić information content (AvgIpc) is 2.99. The van der Waals surface area contributed by atoms with Gasteiger partial charge in [-0.3, -0.25) is 4.79 Å². The largest absolute Gasteiger partial charge is 0.444 e. The summed E-state index contributed by atoms with van der Waals surface area (Å²) < 4.78 is 5.43. The van der Waals surface area contributed by atoms with Crippen molar-refractivity contribution in [3.63, 3.8) is 0 Å². The molecule has 2 N–H and O–H groups in total. The van der Waals surface area contributed by atoms with Crippen molar-refractivity contribution in [3.05, 3.63) is 0 Å². The van der Waals surface area contributed by atoms with E-state index in [2.05, 4.69) is 24.5 Å². The molecule has 0 bridgehead atoms. The fourth-order valence-electron chi connectivity index (χ4n) is 5.46. The standard InChI is InChI=1S/C38H76N2O3S2/c1-6-8-10-12-14-16-18-19-20-21-22-23-24-26-28-30-32-39-36(41)35(40-37(42)43-38(3,4)5)34-45-44-33-31-29-27-25-17-15-13-11-9-7-2/h35H,6-34H2,1-5H3,(H,39,41)(H,40,42)/t35-/m0/s1. The van der Waals surface area contributed by atoms with Gasteiger partial charge in [-0.05, 0) is 33.6 Å². The first-order chi connectivity index (χ1) is 21.8. The van der Waals surface area contributed by atoms with E-state index in [1.807, 2.05) is 31.6 Å². The van der Waals surface area contributed by atoms with Gasteiger partial charge in [0.25, 0.3) is 0 Å². The Labute approximate surface area is 288 Å². The summed E-state index contributed by atoms with van der Waals surface area (Å²) in [6, 6.07) is -0.578. The highest BCUT2D eigenvalue weighted by Crippen LogP contribution is 2.24. The zero-order valence-electron chi connectivity index (χ0n) is 30.6. The summed E-state index contributed by atoms with van der Waals surface area (Å²) in [5, 5.41) is 5.88. The molecule has 0 radical (unpaired) electrons. The lowest BCUT2D eigenvalue weighted by Gasteiger charge is -2.23. The van der Waals surface area contributed by atoms with Gasteiger partial charge in [0.15, 0.2) is 0 Å². The van der Waals surface area contributed by atoms with Crippen LogP contribution in [0.15, 0.2) is 0 Å². The van der Waals surface area contributed by atoms with Crippen molar-refractivity contribution in [2.24, 2.45) is 0 Å². The Hall–Kier alpha value is -0.560. The molecule has 0 aromatic rings. The number of hydrogen-bond acceptors (Lipinski definition) is 5. The van der Waals surface area contributed by atoms with Crippen LogP contribution in [0.5, 0.6) is 0 Å². The molecule has 0 aliphatic carbocycles. The van der Waals surface area contributed by atoms with Crippen LogP contribution in [0.3, 0.4) is 0 Å². The van der Waals surface area contributed by atoms with Gasteiger partial charge in [0, 0.05) is 18.1 Å². The van der Waals surface area contributed by atoms with Gasteiger partial charge in [-0.25, -0.2) is 4.79 Å². The van der Waals surface area contributed by atoms with Crippen LogP contribution in [0, 0.1) is 0 Å². The van der Waals surface area contributed by atoms with Crippen molar-refractivity contribution in [1.29, 1.82) is 0 Å². The molecule has 45 heavy (non-hydrogen) atoms. The molecule has 1 atom stereocenters. The highest BCUT2D eigenvalue weighted by molar-refractivity contribution is 8.76. The Bertz CT molecular complexity index is 657. The minimum absolute atomic E-state index is 0.103. The third-order valence-corrected chi connectivity index (χ3v) is 10.7. The van der Waals surface area contributed by atoms with E-state index in [1.54, 1.807) is 10.8 Å². The number of ether oxygens (including phenoxy) is 1. The van der Waals surface area contributed by atoms with Gasteiger partial charge in [0.1, 0.15) is 11.6 Å². The molecule has 0 unspecified atom stereocenters. The molecule has 0 saturated carbocycles. The highest BCUT2D eigenvalue weighted by Gasteiger charge is 2.24. The molecule has 0 aliphatic rings. The van der Waals surface area contributed by atoms with E-state index >= 15 is 0 Å². The minimum atomic E-state index is -0.587. The molecule has 2 amide bonds. The van der Waals surface area contributed by atoms with E-state index in [9.17, 15) is 9.59 Å². The van der Waals surface area contributed by atoms with Crippen LogP contribution in [0.4, 0.5) is 4.79 Å². The molecule has 0 spiro atoms. The van der Waals surface area contributed by atoms with Gasteiger partial charge in [0.05, 0.1) is 0 Å². The van der Waals surface area contributed by atoms with E-state index in [4.69, 9.17) is 4.74 Å². The predicted molar refractivity (Wildman–Crippen MR) is 202 cm³/mol. The number of alkyl carbamates (subject to hydrolysis) is 1. The van der Waals surface area contributed by atoms with E-state index in [1.165, 1.54) is 154 Å². The number of nitrogens with one attached hydrogen (secondary N) is 2. The summed E-state index contributed by atoms with van der Waals surface area (Å²) in [6.07, 6.45) is 34.3. The van der Waals surface area contributed by atoms with Gasteiger partial charge in [-0.2, -0.15) is 0 Å². The van der Waals surface area contributed by atoms with Crippen LogP contribution >= 0.6 is 21.6 Å². The normalized spacial score (nSPS) is 12.3. The lowest BCUT2D eigenvalue weighted by molar-refractivity contribution is -0.122. The Morgan fingerprint density at radius 2 is 0.933 bits per heavy atom. The molecule has 5 nitrogen and oxygen atoms in total. The van der Waals surface area contributed by atoms with Crippen molar-refractivity contribution in [2.75, 3.05) is 18.1 Å². The van der Waals surface area contributed by atoms with Crippen LogP contribution in [0.25, 0.3) is 0 Å². The number of unbranched alkanes of at least 4 members (excludes halogenated alkanes) is 24. The third kappa shape index (κ3) is 34.6. The Morgan fingerprint density at radius 3 is 1.33 bits per heavy atom. The number of carbonyl (C=O) groups excluding carboxylic acids is 2. The van der Waals surface area contributed by atoms with E-state index in [-0.39, 0.29) is 5.91 Å². The van der Waals surface area contributed by atoms with Crippen LogP contribution in [-0.4, -0.2) is 41.7 Å². The molecule has 0 rings (SSSR count). The topological polar surface area (TPSA) is 67.4 Å². The van der Waals surface area contributed by atoms with E-state index < -0.39 is 17.7 Å². The van der Waals surface area contributed by atoms with Gasteiger partial charge < -0.3 is 15.4 Å². The van der Waals surface area contributed by atoms with Crippen molar-refractivity contribution >= 4 is 33.6 Å². The molecule has 0 fully saturated rings. The summed E-state index contributed by atoms with van der Waals surface area (Å²) in [7, 11) is 3.49. The SMILES string of the molecule is CCCCCCCCCCCCCCCCCCNC(=O)[C@H](CSSCCCCCCCCCCCC)NC(=O)OC(C)(C)C. The average molecular weight is 673 g/mol. The van der Waals surface area contributed by atoms with Gasteiger partial charge >= 0.3 is 6.09 Å². The number of carbonyl (C=O) groups is 2. The fourth-order valence-corrected chi connectivity index (χ4v) is 7.77. The van der Waals surface area contributed by atoms with Crippen molar-refractivity contribution in [1.82, 2.24) is 10.6 Å². The second-order valence-corrected chi connectivity index (χ2v) is 16.7. The second-order valence-electron chi connectivity index (χ2n) is 14.1. The monoisotopic (exact) mass is 673 g/mol. The zero-order chi connectivity index (χ0) is 33.3. The lowest BCUT2D eigenvalue weighted by Crippen LogP contribution is -2.49. The summed E-state index contributed by atoms with van der Waals surface area (Å²) >= 11 is 0. The summed E-state index contributed by atoms with van der Waals surface area (Å²) in [5.41, 5.74) is -0.587. The van der Waals surface area contributed by atoms with Crippen LogP contribution < -0.4 is 10.6 Å². The summed E-state index contributed by atoms with van der Waals surface area (Å²) in [4.78, 5) is 25.4. The third-order valence-electron chi connectivity index (χ3n) is 8.24. The maximum atomic E-state index is 13.0. The first-order valence-electron chi connectivity index (χ1n) is 19.3. The minimum Gasteiger partial charge on any atom is -0.444 e. The maximum absolute atomic E-state index is 13.0. The fraction of sp³-hybridized carbons (Fsp3) is 0.947. The second kappa shape index (κ2) is 33.3. The Balaban J connectivity index is 3.97. The summed E-state index contributed by atoms with van der Waals surface area (Å²) in [5.74, 6) is 1.53. The molecule has 268 valence electrons. The van der Waals surface area contributed by atoms with Crippen molar-refractivity contribution in [2.45, 2.75) is 213 Å². The lowest BCUT2D eigenvalue weighted by atomic mass is 10.0. The first kappa shape index (κ1) is 44.4. The molecular weight excluding hydrogens is 597 g/mol. The van der Waals surface area contributed by atoms with Crippen LogP contribution in [0.2, 0.25) is 0 Å². The molecule has 7 heteroatoms. The maximum Gasteiger partial charge on any atom is 0.408 e. The molecule has 0 aromatic heterocycles. The Kier molecular flexibility index (Phi) is 32.9. The molecule has 0 heterocycles. The van der Waals surface area contributed by atoms with E-state index in [0.29, 0.717) is 12.3 Å². The predicted octanol–water partition coefficient (Wildman–Crippen LogP) is 12.6. The highest BCUT2D eigenvalue weighted by atomic mass is 33.1. The zero-order valence-corrected chi connectivity index (χ0v) is 32.3.